The number of carbonyl (C=O) groups is 1. The molecule has 1 amide bonds. The van der Waals surface area contributed by atoms with Gasteiger partial charge in [-0.25, -0.2) is 13.8 Å². The van der Waals surface area contributed by atoms with E-state index in [9.17, 15) is 31.9 Å². The van der Waals surface area contributed by atoms with Crippen molar-refractivity contribution in [1.29, 1.82) is 0 Å². The molecular formula is C19H12ClF5N6O2. The number of anilines is 1. The van der Waals surface area contributed by atoms with Gasteiger partial charge in [-0.15, -0.1) is 0 Å². The Labute approximate surface area is 185 Å². The number of fused-ring (bicyclic) bond motifs is 2. The molecule has 0 bridgehead atoms. The molecule has 172 valence electrons. The van der Waals surface area contributed by atoms with Gasteiger partial charge in [-0.2, -0.15) is 18.3 Å². The van der Waals surface area contributed by atoms with E-state index < -0.39 is 46.7 Å². The third kappa shape index (κ3) is 3.56. The zero-order valence-corrected chi connectivity index (χ0v) is 16.9. The minimum absolute atomic E-state index is 0.00270. The first-order valence-electron chi connectivity index (χ1n) is 9.45. The average Bonchev–Trinajstić information content (AvgIpc) is 3.11. The lowest BCUT2D eigenvalue weighted by Crippen LogP contribution is -2.22. The lowest BCUT2D eigenvalue weighted by molar-refractivity contribution is -0.207. The van der Waals surface area contributed by atoms with Crippen LogP contribution in [0.4, 0.5) is 27.8 Å². The summed E-state index contributed by atoms with van der Waals surface area (Å²) < 4.78 is 68.7. The predicted molar refractivity (Wildman–Crippen MR) is 106 cm³/mol. The Morgan fingerprint density at radius 1 is 1.33 bits per heavy atom. The molecule has 3 atom stereocenters. The number of aromatic amines is 1. The third-order valence-electron chi connectivity index (χ3n) is 5.31. The van der Waals surface area contributed by atoms with E-state index in [0.29, 0.717) is 0 Å². The quantitative estimate of drug-likeness (QED) is 0.378. The van der Waals surface area contributed by atoms with Gasteiger partial charge in [-0.3, -0.25) is 14.9 Å². The van der Waals surface area contributed by atoms with Crippen LogP contribution >= 0.6 is 11.6 Å². The Morgan fingerprint density at radius 3 is 2.73 bits per heavy atom. The number of halogens is 6. The fraction of sp³-hybridized carbons (Fsp3) is 0.263. The van der Waals surface area contributed by atoms with Gasteiger partial charge < -0.3 is 14.8 Å². The molecule has 0 saturated heterocycles. The van der Waals surface area contributed by atoms with E-state index in [1.807, 2.05) is 0 Å². The summed E-state index contributed by atoms with van der Waals surface area (Å²) >= 11 is 6.09. The molecule has 5 rings (SSSR count). The van der Waals surface area contributed by atoms with Gasteiger partial charge in [0.1, 0.15) is 6.17 Å². The molecule has 1 aromatic carbocycles. The Hall–Kier alpha value is -3.32. The van der Waals surface area contributed by atoms with E-state index in [-0.39, 0.29) is 40.0 Å². The number of amides is 1. The highest BCUT2D eigenvalue weighted by molar-refractivity contribution is 6.35. The molecule has 1 saturated carbocycles. The topological polar surface area (TPSA) is 108 Å². The molecule has 8 nitrogen and oxygen atoms in total. The molecule has 1 fully saturated rings. The van der Waals surface area contributed by atoms with Crippen molar-refractivity contribution in [3.63, 3.8) is 0 Å². The summed E-state index contributed by atoms with van der Waals surface area (Å²) in [5.41, 5.74) is -1.18. The fourth-order valence-electron chi connectivity index (χ4n) is 3.55. The Bertz CT molecular complexity index is 1420. The van der Waals surface area contributed by atoms with Gasteiger partial charge in [0.25, 0.3) is 0 Å². The van der Waals surface area contributed by atoms with Crippen molar-refractivity contribution in [3.05, 3.63) is 41.2 Å². The van der Waals surface area contributed by atoms with E-state index in [1.165, 1.54) is 23.0 Å². The zero-order valence-electron chi connectivity index (χ0n) is 16.2. The number of nitrogens with zero attached hydrogens (tertiary/aromatic N) is 4. The molecule has 33 heavy (non-hydrogen) atoms. The summed E-state index contributed by atoms with van der Waals surface area (Å²) in [6.45, 7) is 0. The summed E-state index contributed by atoms with van der Waals surface area (Å²) in [4.78, 5) is 20.2. The van der Waals surface area contributed by atoms with Gasteiger partial charge in [0.05, 0.1) is 46.3 Å². The number of benzene rings is 1. The molecule has 1 unspecified atom stereocenters. The molecule has 3 heterocycles. The minimum atomic E-state index is -5.14. The van der Waals surface area contributed by atoms with Crippen LogP contribution < -0.4 is 5.32 Å². The van der Waals surface area contributed by atoms with Gasteiger partial charge >= 0.3 is 6.18 Å². The van der Waals surface area contributed by atoms with Crippen molar-refractivity contribution >= 4 is 39.9 Å². The fourth-order valence-corrected chi connectivity index (χ4v) is 3.85. The molecule has 0 radical (unpaired) electrons. The lowest BCUT2D eigenvalue weighted by atomic mass is 9.99. The standard InChI is InChI=1S/C19H12ClF5N6O2/c20-14-12(7-2-27-30-16(7)13(15(14)22)17(32)19(23,24)25)9-4-31-5-10(28-11(31)3-26-9)29-18(33)6-1-8(6)21/h2-6,8,17,32H,1H2,(H,27,30)(H,29,33)/t6-,8+,17?/m1/s1. The Kier molecular flexibility index (Phi) is 4.79. The van der Waals surface area contributed by atoms with Crippen molar-refractivity contribution in [1.82, 2.24) is 24.6 Å². The number of H-pyrrole nitrogens is 1. The molecule has 3 N–H and O–H groups in total. The molecule has 3 aromatic heterocycles. The molecule has 14 heteroatoms. The van der Waals surface area contributed by atoms with Crippen molar-refractivity contribution < 1.29 is 31.9 Å². The summed E-state index contributed by atoms with van der Waals surface area (Å²) in [6.07, 6.45) is -4.10. The minimum Gasteiger partial charge on any atom is -0.379 e. The second-order valence-electron chi connectivity index (χ2n) is 7.53. The van der Waals surface area contributed by atoms with E-state index >= 15 is 0 Å². The van der Waals surface area contributed by atoms with E-state index in [2.05, 4.69) is 25.5 Å². The number of carbonyl (C=O) groups excluding carboxylic acids is 1. The van der Waals surface area contributed by atoms with Crippen molar-refractivity contribution in [2.24, 2.45) is 5.92 Å². The number of aliphatic hydroxyl groups excluding tert-OH is 1. The van der Waals surface area contributed by atoms with Crippen LogP contribution in [0.25, 0.3) is 27.8 Å². The van der Waals surface area contributed by atoms with Gasteiger partial charge in [0, 0.05) is 17.1 Å². The largest absolute Gasteiger partial charge is 0.418 e. The predicted octanol–water partition coefficient (Wildman–Crippen LogP) is 3.96. The number of imidazole rings is 1. The summed E-state index contributed by atoms with van der Waals surface area (Å²) in [5.74, 6) is -2.57. The lowest BCUT2D eigenvalue weighted by Gasteiger charge is -2.18. The average molecular weight is 487 g/mol. The maximum Gasteiger partial charge on any atom is 0.418 e. The number of hydrogen-bond acceptors (Lipinski definition) is 5. The Balaban J connectivity index is 1.59. The number of rotatable bonds is 4. The molecule has 1 aliphatic rings. The second-order valence-corrected chi connectivity index (χ2v) is 7.91. The van der Waals surface area contributed by atoms with Crippen LogP contribution in [-0.2, 0) is 4.79 Å². The molecule has 1 aliphatic carbocycles. The van der Waals surface area contributed by atoms with Crippen LogP contribution in [-0.4, -0.2) is 47.9 Å². The molecule has 0 aliphatic heterocycles. The van der Waals surface area contributed by atoms with Crippen LogP contribution in [0.5, 0.6) is 0 Å². The number of aromatic nitrogens is 5. The van der Waals surface area contributed by atoms with Gasteiger partial charge in [0.2, 0.25) is 5.91 Å². The van der Waals surface area contributed by atoms with Crippen molar-refractivity contribution in [2.75, 3.05) is 5.32 Å². The van der Waals surface area contributed by atoms with Crippen molar-refractivity contribution in [3.8, 4) is 11.3 Å². The Morgan fingerprint density at radius 2 is 2.06 bits per heavy atom. The number of aliphatic hydroxyl groups is 1. The number of hydrogen-bond donors (Lipinski definition) is 3. The smallest absolute Gasteiger partial charge is 0.379 e. The van der Waals surface area contributed by atoms with Gasteiger partial charge in [-0.1, -0.05) is 11.6 Å². The van der Waals surface area contributed by atoms with E-state index in [0.717, 1.165) is 6.20 Å². The summed E-state index contributed by atoms with van der Waals surface area (Å²) in [7, 11) is 0. The molecule has 4 aromatic rings. The van der Waals surface area contributed by atoms with Crippen LogP contribution in [0.2, 0.25) is 5.02 Å². The second kappa shape index (κ2) is 7.35. The maximum atomic E-state index is 14.9. The number of nitrogens with one attached hydrogen (secondary N) is 2. The van der Waals surface area contributed by atoms with Crippen LogP contribution in [0.15, 0.2) is 24.8 Å². The first-order chi connectivity index (χ1) is 15.6. The SMILES string of the molecule is O=C(Nc1cn2cc(-c3c(Cl)c(F)c(C(O)C(F)(F)F)c4[nH]ncc34)ncc2n1)[C@@H]1C[C@@H]1F. The third-order valence-corrected chi connectivity index (χ3v) is 5.66. The van der Waals surface area contributed by atoms with Gasteiger partial charge in [0.15, 0.2) is 23.4 Å². The highest BCUT2D eigenvalue weighted by Crippen LogP contribution is 2.44. The van der Waals surface area contributed by atoms with E-state index in [4.69, 9.17) is 11.6 Å². The van der Waals surface area contributed by atoms with E-state index in [1.54, 1.807) is 0 Å². The zero-order chi connectivity index (χ0) is 23.7. The van der Waals surface area contributed by atoms with Gasteiger partial charge in [-0.05, 0) is 6.42 Å². The maximum absolute atomic E-state index is 14.9. The first kappa shape index (κ1) is 21.5. The highest BCUT2D eigenvalue weighted by Gasteiger charge is 2.44. The van der Waals surface area contributed by atoms with Crippen LogP contribution in [0.1, 0.15) is 18.1 Å². The highest BCUT2D eigenvalue weighted by atomic mass is 35.5. The summed E-state index contributed by atoms with van der Waals surface area (Å²) in [6, 6.07) is 0. The summed E-state index contributed by atoms with van der Waals surface area (Å²) in [5, 5.41) is 17.4. The monoisotopic (exact) mass is 486 g/mol. The normalized spacial score (nSPS) is 19.2. The molecular weight excluding hydrogens is 475 g/mol. The molecule has 0 spiro atoms. The first-order valence-corrected chi connectivity index (χ1v) is 9.82. The van der Waals surface area contributed by atoms with Crippen molar-refractivity contribution in [2.45, 2.75) is 24.9 Å². The number of alkyl halides is 4. The van der Waals surface area contributed by atoms with Crippen LogP contribution in [0.3, 0.4) is 0 Å². The van der Waals surface area contributed by atoms with Crippen LogP contribution in [0, 0.1) is 11.7 Å².